The van der Waals surface area contributed by atoms with Gasteiger partial charge < -0.3 is 24.6 Å². The number of aromatic nitrogens is 1. The third kappa shape index (κ3) is 6.22. The second kappa shape index (κ2) is 8.15. The topological polar surface area (TPSA) is 84.0 Å². The van der Waals surface area contributed by atoms with Crippen molar-refractivity contribution in [2.45, 2.75) is 26.4 Å². The van der Waals surface area contributed by atoms with E-state index in [1.54, 1.807) is 33.0 Å². The molecule has 1 aliphatic heterocycles. The van der Waals surface area contributed by atoms with Crippen LogP contribution in [0.4, 0.5) is 16.3 Å². The van der Waals surface area contributed by atoms with Gasteiger partial charge in [-0.25, -0.2) is 9.78 Å². The lowest BCUT2D eigenvalue weighted by atomic mass is 10.2. The van der Waals surface area contributed by atoms with Crippen LogP contribution in [0.25, 0.3) is 0 Å². The van der Waals surface area contributed by atoms with Crippen LogP contribution >= 0.6 is 0 Å². The van der Waals surface area contributed by atoms with Gasteiger partial charge in [0, 0.05) is 20.1 Å². The number of anilines is 2. The molecule has 2 amide bonds. The first-order chi connectivity index (χ1) is 11.7. The fourth-order valence-electron chi connectivity index (χ4n) is 2.27. The Balaban J connectivity index is 1.84. The maximum absolute atomic E-state index is 12.1. The molecule has 8 heteroatoms. The number of nitrogens with zero attached hydrogens (tertiary/aromatic N) is 3. The summed E-state index contributed by atoms with van der Waals surface area (Å²) in [6, 6.07) is 3.65. The van der Waals surface area contributed by atoms with Crippen molar-refractivity contribution in [2.75, 3.05) is 50.1 Å². The third-order valence-corrected chi connectivity index (χ3v) is 3.48. The van der Waals surface area contributed by atoms with E-state index in [0.29, 0.717) is 19.0 Å². The van der Waals surface area contributed by atoms with E-state index in [4.69, 9.17) is 9.47 Å². The highest BCUT2D eigenvalue weighted by Crippen LogP contribution is 2.16. The first-order valence-corrected chi connectivity index (χ1v) is 8.27. The van der Waals surface area contributed by atoms with Crippen molar-refractivity contribution in [1.82, 2.24) is 9.88 Å². The fraction of sp³-hybridized carbons (Fsp3) is 0.588. The Morgan fingerprint density at radius 3 is 2.56 bits per heavy atom. The normalized spacial score (nSPS) is 14.8. The number of carbonyl (C=O) groups excluding carboxylic acids is 2. The molecule has 0 atom stereocenters. The maximum atomic E-state index is 12.1. The van der Waals surface area contributed by atoms with Crippen molar-refractivity contribution in [3.63, 3.8) is 0 Å². The Bertz CT molecular complexity index is 592. The van der Waals surface area contributed by atoms with Crippen LogP contribution in [-0.4, -0.2) is 67.4 Å². The predicted octanol–water partition coefficient (Wildman–Crippen LogP) is 1.72. The summed E-state index contributed by atoms with van der Waals surface area (Å²) in [4.78, 5) is 31.6. The highest BCUT2D eigenvalue weighted by molar-refractivity contribution is 5.93. The number of hydrogen-bond acceptors (Lipinski definition) is 6. The van der Waals surface area contributed by atoms with E-state index in [0.717, 1.165) is 18.8 Å². The van der Waals surface area contributed by atoms with Crippen LogP contribution < -0.4 is 10.2 Å². The number of rotatable bonds is 4. The number of nitrogens with one attached hydrogen (secondary N) is 1. The van der Waals surface area contributed by atoms with E-state index in [1.807, 2.05) is 6.07 Å². The van der Waals surface area contributed by atoms with Crippen molar-refractivity contribution in [1.29, 1.82) is 0 Å². The minimum Gasteiger partial charge on any atom is -0.444 e. The molecule has 1 aliphatic rings. The number of likely N-dealkylation sites (N-methyl/N-ethyl adjacent to an activating group) is 1. The number of carbonyl (C=O) groups is 2. The maximum Gasteiger partial charge on any atom is 0.410 e. The van der Waals surface area contributed by atoms with Crippen LogP contribution in [0.3, 0.4) is 0 Å². The van der Waals surface area contributed by atoms with Crippen molar-refractivity contribution in [3.05, 3.63) is 18.3 Å². The lowest BCUT2D eigenvalue weighted by Crippen LogP contribution is -2.39. The standard InChI is InChI=1S/C17H26N4O4/c1-17(2,3)25-16(23)20(4)12-15(22)19-14-6-5-13(11-18-14)21-7-9-24-10-8-21/h5-6,11H,7-10,12H2,1-4H3,(H,18,19,22). The lowest BCUT2D eigenvalue weighted by Gasteiger charge is -2.28. The summed E-state index contributed by atoms with van der Waals surface area (Å²) in [7, 11) is 1.52. The Kier molecular flexibility index (Phi) is 6.19. The largest absolute Gasteiger partial charge is 0.444 e. The summed E-state index contributed by atoms with van der Waals surface area (Å²) in [6.07, 6.45) is 1.18. The van der Waals surface area contributed by atoms with Crippen molar-refractivity contribution in [2.24, 2.45) is 0 Å². The van der Waals surface area contributed by atoms with Gasteiger partial charge in [0.05, 0.1) is 25.1 Å². The highest BCUT2D eigenvalue weighted by Gasteiger charge is 2.21. The summed E-state index contributed by atoms with van der Waals surface area (Å²) >= 11 is 0. The smallest absolute Gasteiger partial charge is 0.410 e. The van der Waals surface area contributed by atoms with Crippen molar-refractivity contribution in [3.8, 4) is 0 Å². The molecule has 1 aromatic heterocycles. The van der Waals surface area contributed by atoms with Crippen molar-refractivity contribution >= 4 is 23.5 Å². The average molecular weight is 350 g/mol. The van der Waals surface area contributed by atoms with Gasteiger partial charge in [-0.15, -0.1) is 0 Å². The number of pyridine rings is 1. The summed E-state index contributed by atoms with van der Waals surface area (Å²) < 4.78 is 10.5. The Labute approximate surface area is 148 Å². The van der Waals surface area contributed by atoms with Crippen LogP contribution in [0, 0.1) is 0 Å². The molecule has 0 aliphatic carbocycles. The second-order valence-corrected chi connectivity index (χ2v) is 6.89. The van der Waals surface area contributed by atoms with Gasteiger partial charge in [0.1, 0.15) is 18.0 Å². The first kappa shape index (κ1) is 19.0. The molecule has 0 radical (unpaired) electrons. The van der Waals surface area contributed by atoms with Gasteiger partial charge in [0.2, 0.25) is 5.91 Å². The summed E-state index contributed by atoms with van der Waals surface area (Å²) in [6.45, 7) is 8.28. The Morgan fingerprint density at radius 1 is 1.32 bits per heavy atom. The van der Waals surface area contributed by atoms with Gasteiger partial charge in [-0.1, -0.05) is 0 Å². The lowest BCUT2D eigenvalue weighted by molar-refractivity contribution is -0.117. The molecule has 0 unspecified atom stereocenters. The minimum atomic E-state index is -0.599. The number of amides is 2. The fourth-order valence-corrected chi connectivity index (χ4v) is 2.27. The summed E-state index contributed by atoms with van der Waals surface area (Å²) in [5.41, 5.74) is 0.394. The van der Waals surface area contributed by atoms with Crippen LogP contribution in [-0.2, 0) is 14.3 Å². The summed E-state index contributed by atoms with van der Waals surface area (Å²) in [5.74, 6) is 0.111. The molecule has 25 heavy (non-hydrogen) atoms. The minimum absolute atomic E-state index is 0.109. The van der Waals surface area contributed by atoms with E-state index in [9.17, 15) is 9.59 Å². The van der Waals surface area contributed by atoms with E-state index in [-0.39, 0.29) is 12.5 Å². The highest BCUT2D eigenvalue weighted by atomic mass is 16.6. The van der Waals surface area contributed by atoms with E-state index >= 15 is 0 Å². The van der Waals surface area contributed by atoms with Crippen LogP contribution in [0.1, 0.15) is 20.8 Å². The van der Waals surface area contributed by atoms with Gasteiger partial charge in [0.15, 0.2) is 0 Å². The molecule has 1 N–H and O–H groups in total. The van der Waals surface area contributed by atoms with Gasteiger partial charge in [-0.05, 0) is 32.9 Å². The number of morpholine rings is 1. The molecule has 8 nitrogen and oxygen atoms in total. The predicted molar refractivity (Wildman–Crippen MR) is 94.8 cm³/mol. The molecule has 2 heterocycles. The van der Waals surface area contributed by atoms with Gasteiger partial charge in [0.25, 0.3) is 0 Å². The molecule has 1 saturated heterocycles. The van der Waals surface area contributed by atoms with E-state index < -0.39 is 11.7 Å². The zero-order valence-corrected chi connectivity index (χ0v) is 15.2. The Hall–Kier alpha value is -2.35. The Morgan fingerprint density at radius 2 is 2.00 bits per heavy atom. The number of ether oxygens (including phenoxy) is 2. The molecular weight excluding hydrogens is 324 g/mol. The van der Waals surface area contributed by atoms with E-state index in [2.05, 4.69) is 15.2 Å². The number of hydrogen-bond donors (Lipinski definition) is 1. The van der Waals surface area contributed by atoms with Crippen LogP contribution in [0.15, 0.2) is 18.3 Å². The third-order valence-electron chi connectivity index (χ3n) is 3.48. The zero-order chi connectivity index (χ0) is 18.4. The first-order valence-electron chi connectivity index (χ1n) is 8.27. The van der Waals surface area contributed by atoms with E-state index in [1.165, 1.54) is 11.9 Å². The second-order valence-electron chi connectivity index (χ2n) is 6.89. The average Bonchev–Trinajstić information content (AvgIpc) is 2.54. The molecule has 1 fully saturated rings. The molecule has 0 bridgehead atoms. The van der Waals surface area contributed by atoms with Crippen molar-refractivity contribution < 1.29 is 19.1 Å². The monoisotopic (exact) mass is 350 g/mol. The van der Waals surface area contributed by atoms with Crippen LogP contribution in [0.5, 0.6) is 0 Å². The molecule has 0 aromatic carbocycles. The molecular formula is C17H26N4O4. The summed E-state index contributed by atoms with van der Waals surface area (Å²) in [5, 5.41) is 2.68. The molecule has 1 aromatic rings. The quantitative estimate of drug-likeness (QED) is 0.890. The van der Waals surface area contributed by atoms with Gasteiger partial charge in [-0.3, -0.25) is 4.79 Å². The molecule has 0 spiro atoms. The molecule has 2 rings (SSSR count). The van der Waals surface area contributed by atoms with Gasteiger partial charge in [-0.2, -0.15) is 0 Å². The zero-order valence-electron chi connectivity index (χ0n) is 15.2. The van der Waals surface area contributed by atoms with Gasteiger partial charge >= 0.3 is 6.09 Å². The molecule has 0 saturated carbocycles. The molecule has 138 valence electrons. The SMILES string of the molecule is CN(CC(=O)Nc1ccc(N2CCOCC2)cn1)C(=O)OC(C)(C)C. The van der Waals surface area contributed by atoms with Crippen LogP contribution in [0.2, 0.25) is 0 Å².